The van der Waals surface area contributed by atoms with Gasteiger partial charge in [-0.15, -0.1) is 0 Å². The van der Waals surface area contributed by atoms with Crippen LogP contribution in [-0.4, -0.2) is 33.3 Å². The number of carbonyl (C=O) groups excluding carboxylic acids is 1. The van der Waals surface area contributed by atoms with Gasteiger partial charge in [-0.25, -0.2) is 4.68 Å². The van der Waals surface area contributed by atoms with Gasteiger partial charge in [-0.3, -0.25) is 9.78 Å². The standard InChI is InChI=1S/C14H17N5O/c15-9-13(10-2-3-10)18-14(20)12-8-11(4-6-16-12)19-7-1-5-17-19/h1,4-8,10,13H,2-3,9,15H2,(H,18,20). The van der Waals surface area contributed by atoms with Crippen LogP contribution in [0.1, 0.15) is 23.3 Å². The number of aromatic nitrogens is 3. The number of nitrogens with one attached hydrogen (secondary N) is 1. The Bertz CT molecular complexity index is 591. The van der Waals surface area contributed by atoms with E-state index in [1.54, 1.807) is 23.1 Å². The molecule has 3 N–H and O–H groups in total. The van der Waals surface area contributed by atoms with Crippen LogP contribution in [0.5, 0.6) is 0 Å². The minimum atomic E-state index is -0.179. The van der Waals surface area contributed by atoms with E-state index in [9.17, 15) is 4.79 Å². The van der Waals surface area contributed by atoms with Gasteiger partial charge < -0.3 is 11.1 Å². The molecule has 1 atom stereocenters. The summed E-state index contributed by atoms with van der Waals surface area (Å²) in [7, 11) is 0. The Hall–Kier alpha value is -2.21. The predicted octanol–water partition coefficient (Wildman–Crippen LogP) is 0.734. The van der Waals surface area contributed by atoms with Crippen LogP contribution in [0.15, 0.2) is 36.8 Å². The van der Waals surface area contributed by atoms with Gasteiger partial charge in [0, 0.05) is 31.2 Å². The lowest BCUT2D eigenvalue weighted by atomic mass is 10.2. The highest BCUT2D eigenvalue weighted by atomic mass is 16.1. The number of carbonyl (C=O) groups is 1. The first-order valence-corrected chi connectivity index (χ1v) is 6.75. The van der Waals surface area contributed by atoms with Crippen molar-refractivity contribution in [3.63, 3.8) is 0 Å². The fourth-order valence-electron chi connectivity index (χ4n) is 2.22. The van der Waals surface area contributed by atoms with Crippen LogP contribution in [0.3, 0.4) is 0 Å². The highest BCUT2D eigenvalue weighted by molar-refractivity contribution is 5.93. The number of nitrogens with zero attached hydrogens (tertiary/aromatic N) is 3. The second-order valence-corrected chi connectivity index (χ2v) is 5.00. The van der Waals surface area contributed by atoms with Crippen LogP contribution in [-0.2, 0) is 0 Å². The first-order valence-electron chi connectivity index (χ1n) is 6.75. The van der Waals surface area contributed by atoms with Gasteiger partial charge in [0.2, 0.25) is 0 Å². The number of hydrogen-bond donors (Lipinski definition) is 2. The Morgan fingerprint density at radius 3 is 3.00 bits per heavy atom. The molecule has 1 saturated carbocycles. The molecule has 6 nitrogen and oxygen atoms in total. The topological polar surface area (TPSA) is 85.8 Å². The summed E-state index contributed by atoms with van der Waals surface area (Å²) in [4.78, 5) is 16.3. The monoisotopic (exact) mass is 271 g/mol. The molecule has 20 heavy (non-hydrogen) atoms. The van der Waals surface area contributed by atoms with Crippen molar-refractivity contribution < 1.29 is 4.79 Å². The zero-order valence-corrected chi connectivity index (χ0v) is 11.1. The first kappa shape index (κ1) is 12.8. The van der Waals surface area contributed by atoms with E-state index in [1.807, 2.05) is 18.3 Å². The highest BCUT2D eigenvalue weighted by Gasteiger charge is 2.31. The second-order valence-electron chi connectivity index (χ2n) is 5.00. The Kier molecular flexibility index (Phi) is 3.47. The fraction of sp³-hybridized carbons (Fsp3) is 0.357. The summed E-state index contributed by atoms with van der Waals surface area (Å²) in [5.74, 6) is 0.347. The molecule has 6 heteroatoms. The molecule has 1 amide bonds. The summed E-state index contributed by atoms with van der Waals surface area (Å²) < 4.78 is 1.69. The first-order chi connectivity index (χ1) is 9.78. The summed E-state index contributed by atoms with van der Waals surface area (Å²) in [6.45, 7) is 0.468. The van der Waals surface area contributed by atoms with Gasteiger partial charge in [0.1, 0.15) is 5.69 Å². The Balaban J connectivity index is 1.76. The van der Waals surface area contributed by atoms with E-state index in [0.717, 1.165) is 18.5 Å². The minimum absolute atomic E-state index is 0.0534. The zero-order valence-electron chi connectivity index (χ0n) is 11.1. The van der Waals surface area contributed by atoms with Gasteiger partial charge in [-0.2, -0.15) is 5.10 Å². The summed E-state index contributed by atoms with van der Waals surface area (Å²) in [6.07, 6.45) is 7.41. The summed E-state index contributed by atoms with van der Waals surface area (Å²) >= 11 is 0. The molecule has 2 aromatic heterocycles. The van der Waals surface area contributed by atoms with Crippen molar-refractivity contribution in [3.05, 3.63) is 42.5 Å². The summed E-state index contributed by atoms with van der Waals surface area (Å²) in [5.41, 5.74) is 6.90. The lowest BCUT2D eigenvalue weighted by Gasteiger charge is -2.15. The molecule has 1 unspecified atom stereocenters. The van der Waals surface area contributed by atoms with Crippen molar-refractivity contribution in [2.75, 3.05) is 6.54 Å². The molecule has 1 aliphatic rings. The van der Waals surface area contributed by atoms with E-state index in [0.29, 0.717) is 18.2 Å². The quantitative estimate of drug-likeness (QED) is 0.839. The SMILES string of the molecule is NCC(NC(=O)c1cc(-n2cccn2)ccn1)C1CC1. The Morgan fingerprint density at radius 2 is 2.35 bits per heavy atom. The summed E-state index contributed by atoms with van der Waals surface area (Å²) in [6, 6.07) is 5.42. The molecule has 0 aliphatic heterocycles. The lowest BCUT2D eigenvalue weighted by Crippen LogP contribution is -2.42. The van der Waals surface area contributed by atoms with E-state index < -0.39 is 0 Å². The Morgan fingerprint density at radius 1 is 1.50 bits per heavy atom. The van der Waals surface area contributed by atoms with Crippen LogP contribution >= 0.6 is 0 Å². The molecule has 104 valence electrons. The van der Waals surface area contributed by atoms with Crippen molar-refractivity contribution in [2.45, 2.75) is 18.9 Å². The molecular weight excluding hydrogens is 254 g/mol. The van der Waals surface area contributed by atoms with Gasteiger partial charge in [0.25, 0.3) is 5.91 Å². The van der Waals surface area contributed by atoms with Crippen LogP contribution in [0.25, 0.3) is 5.69 Å². The third kappa shape index (κ3) is 2.70. The molecule has 1 fully saturated rings. The average Bonchev–Trinajstić information content (AvgIpc) is 3.18. The van der Waals surface area contributed by atoms with Crippen molar-refractivity contribution in [2.24, 2.45) is 11.7 Å². The maximum absolute atomic E-state index is 12.2. The molecule has 3 rings (SSSR count). The molecule has 2 heterocycles. The average molecular weight is 271 g/mol. The molecule has 0 spiro atoms. The van der Waals surface area contributed by atoms with Gasteiger partial charge in [-0.05, 0) is 37.0 Å². The smallest absolute Gasteiger partial charge is 0.270 e. The highest BCUT2D eigenvalue weighted by Crippen LogP contribution is 2.32. The van der Waals surface area contributed by atoms with Crippen LogP contribution in [0, 0.1) is 5.92 Å². The number of pyridine rings is 1. The van der Waals surface area contributed by atoms with E-state index in [4.69, 9.17) is 5.73 Å². The lowest BCUT2D eigenvalue weighted by molar-refractivity contribution is 0.0928. The van der Waals surface area contributed by atoms with E-state index in [1.165, 1.54) is 0 Å². The predicted molar refractivity (Wildman–Crippen MR) is 74.4 cm³/mol. The molecule has 1 aliphatic carbocycles. The fourth-order valence-corrected chi connectivity index (χ4v) is 2.22. The molecule has 0 bridgehead atoms. The van der Waals surface area contributed by atoms with E-state index in [2.05, 4.69) is 15.4 Å². The third-order valence-corrected chi connectivity index (χ3v) is 3.51. The summed E-state index contributed by atoms with van der Waals surface area (Å²) in [5, 5.41) is 7.10. The minimum Gasteiger partial charge on any atom is -0.346 e. The van der Waals surface area contributed by atoms with Crippen molar-refractivity contribution >= 4 is 5.91 Å². The zero-order chi connectivity index (χ0) is 13.9. The number of nitrogens with two attached hydrogens (primary N) is 1. The third-order valence-electron chi connectivity index (χ3n) is 3.51. The molecule has 2 aromatic rings. The number of rotatable bonds is 5. The number of hydrogen-bond acceptors (Lipinski definition) is 4. The van der Waals surface area contributed by atoms with Gasteiger partial charge in [-0.1, -0.05) is 0 Å². The van der Waals surface area contributed by atoms with E-state index >= 15 is 0 Å². The van der Waals surface area contributed by atoms with Crippen LogP contribution in [0.4, 0.5) is 0 Å². The van der Waals surface area contributed by atoms with Crippen LogP contribution in [0.2, 0.25) is 0 Å². The molecule has 0 radical (unpaired) electrons. The van der Waals surface area contributed by atoms with E-state index in [-0.39, 0.29) is 11.9 Å². The van der Waals surface area contributed by atoms with Gasteiger partial charge >= 0.3 is 0 Å². The van der Waals surface area contributed by atoms with Crippen molar-refractivity contribution in [1.82, 2.24) is 20.1 Å². The van der Waals surface area contributed by atoms with Gasteiger partial charge in [0.15, 0.2) is 0 Å². The van der Waals surface area contributed by atoms with Crippen molar-refractivity contribution in [1.29, 1.82) is 0 Å². The van der Waals surface area contributed by atoms with Gasteiger partial charge in [0.05, 0.1) is 5.69 Å². The molecule has 0 saturated heterocycles. The van der Waals surface area contributed by atoms with Crippen molar-refractivity contribution in [3.8, 4) is 5.69 Å². The molecule has 0 aromatic carbocycles. The largest absolute Gasteiger partial charge is 0.346 e. The van der Waals surface area contributed by atoms with Crippen LogP contribution < -0.4 is 11.1 Å². The normalized spacial score (nSPS) is 15.8. The maximum atomic E-state index is 12.2. The molecular formula is C14H17N5O. The Labute approximate surface area is 117 Å². The number of amides is 1. The second kappa shape index (κ2) is 5.42. The maximum Gasteiger partial charge on any atom is 0.270 e.